The number of hydrogen-bond donors (Lipinski definition) is 0. The summed E-state index contributed by atoms with van der Waals surface area (Å²) in [6, 6.07) is 8.44. The van der Waals surface area contributed by atoms with Crippen molar-refractivity contribution in [2.45, 2.75) is 32.6 Å². The van der Waals surface area contributed by atoms with Gasteiger partial charge in [0.05, 0.1) is 5.69 Å². The topological polar surface area (TPSA) is 56.5 Å². The van der Waals surface area contributed by atoms with Crippen LogP contribution in [0.2, 0.25) is 0 Å². The number of esters is 1. The van der Waals surface area contributed by atoms with Gasteiger partial charge >= 0.3 is 5.97 Å². The first kappa shape index (κ1) is 17.1. The summed E-state index contributed by atoms with van der Waals surface area (Å²) in [7, 11) is 0. The van der Waals surface area contributed by atoms with Gasteiger partial charge in [-0.3, -0.25) is 9.20 Å². The monoisotopic (exact) mass is 367 g/mol. The Hall–Kier alpha value is -2.34. The summed E-state index contributed by atoms with van der Waals surface area (Å²) < 4.78 is 7.34. The fraction of sp³-hybridized carbons (Fsp3) is 0.350. The summed E-state index contributed by atoms with van der Waals surface area (Å²) >= 11 is 1.75. The molecule has 0 bridgehead atoms. The van der Waals surface area contributed by atoms with E-state index in [1.165, 1.54) is 18.1 Å². The zero-order valence-electron chi connectivity index (χ0n) is 15.0. The summed E-state index contributed by atoms with van der Waals surface area (Å²) in [6.07, 6.45) is 7.57. The third-order valence-corrected chi connectivity index (χ3v) is 5.33. The molecule has 1 aliphatic carbocycles. The molecule has 134 valence electrons. The fourth-order valence-electron chi connectivity index (χ4n) is 3.58. The third kappa shape index (κ3) is 2.98. The lowest BCUT2D eigenvalue weighted by molar-refractivity contribution is -0.132. The van der Waals surface area contributed by atoms with Gasteiger partial charge in [0.2, 0.25) is 5.88 Å². The molecule has 0 atom stereocenters. The van der Waals surface area contributed by atoms with E-state index < -0.39 is 0 Å². The van der Waals surface area contributed by atoms with Crippen LogP contribution >= 0.6 is 11.8 Å². The zero-order valence-corrected chi connectivity index (χ0v) is 15.8. The van der Waals surface area contributed by atoms with Crippen LogP contribution < -0.4 is 4.74 Å². The van der Waals surface area contributed by atoms with E-state index in [0.717, 1.165) is 54.0 Å². The van der Waals surface area contributed by atoms with Crippen molar-refractivity contribution >= 4 is 23.4 Å². The molecule has 0 amide bonds. The second-order valence-corrected chi connectivity index (χ2v) is 7.46. The minimum Gasteiger partial charge on any atom is -0.407 e. The second-order valence-electron chi connectivity index (χ2n) is 6.48. The maximum Gasteiger partial charge on any atom is 0.309 e. The first-order chi connectivity index (χ1) is 12.7. The minimum absolute atomic E-state index is 0.336. The van der Waals surface area contributed by atoms with Crippen LogP contribution in [-0.2, 0) is 24.1 Å². The Morgan fingerprint density at radius 2 is 2.15 bits per heavy atom. The maximum atomic E-state index is 11.6. The van der Waals surface area contributed by atoms with Crippen molar-refractivity contribution in [1.29, 1.82) is 0 Å². The molecular formula is C20H21N3O2S. The van der Waals surface area contributed by atoms with Crippen molar-refractivity contribution in [2.75, 3.05) is 12.0 Å². The van der Waals surface area contributed by atoms with Gasteiger partial charge in [-0.05, 0) is 36.8 Å². The molecule has 0 unspecified atom stereocenters. The smallest absolute Gasteiger partial charge is 0.309 e. The highest BCUT2D eigenvalue weighted by Crippen LogP contribution is 2.34. The molecule has 0 N–H and O–H groups in total. The van der Waals surface area contributed by atoms with Crippen molar-refractivity contribution in [1.82, 2.24) is 14.4 Å². The van der Waals surface area contributed by atoms with Gasteiger partial charge in [0.25, 0.3) is 0 Å². The van der Waals surface area contributed by atoms with Crippen LogP contribution in [0.5, 0.6) is 5.88 Å². The van der Waals surface area contributed by atoms with Crippen LogP contribution in [0, 0.1) is 0 Å². The minimum atomic E-state index is -0.336. The molecule has 1 aliphatic rings. The number of hydrogen-bond acceptors (Lipinski definition) is 5. The summed E-state index contributed by atoms with van der Waals surface area (Å²) in [6.45, 7) is 1.42. The molecule has 0 radical (unpaired) electrons. The maximum absolute atomic E-state index is 11.6. The van der Waals surface area contributed by atoms with Gasteiger partial charge in [-0.25, -0.2) is 9.97 Å². The van der Waals surface area contributed by atoms with Crippen LogP contribution in [-0.4, -0.2) is 32.3 Å². The molecule has 0 aliphatic heterocycles. The van der Waals surface area contributed by atoms with Crippen molar-refractivity contribution in [3.63, 3.8) is 0 Å². The Kier molecular flexibility index (Phi) is 4.68. The second kappa shape index (κ2) is 7.11. The molecular weight excluding hydrogens is 346 g/mol. The number of fused-ring (bicyclic) bond motifs is 5. The lowest BCUT2D eigenvalue weighted by atomic mass is 10.0. The number of thioether (sulfide) groups is 1. The number of rotatable bonds is 4. The molecule has 1 aromatic carbocycles. The van der Waals surface area contributed by atoms with Gasteiger partial charge in [-0.15, -0.1) is 0 Å². The largest absolute Gasteiger partial charge is 0.407 e. The Labute approximate surface area is 156 Å². The van der Waals surface area contributed by atoms with Crippen LogP contribution in [0.4, 0.5) is 0 Å². The number of carbonyl (C=O) groups excluding carboxylic acids is 1. The molecule has 0 fully saturated rings. The Balaban J connectivity index is 1.92. The number of carbonyl (C=O) groups is 1. The number of imidazole rings is 1. The highest BCUT2D eigenvalue weighted by molar-refractivity contribution is 7.98. The van der Waals surface area contributed by atoms with Gasteiger partial charge in [-0.2, -0.15) is 11.8 Å². The number of aryl methyl sites for hydroxylation is 3. The van der Waals surface area contributed by atoms with Crippen molar-refractivity contribution in [3.8, 4) is 17.1 Å². The average Bonchev–Trinajstić information content (AvgIpc) is 2.86. The van der Waals surface area contributed by atoms with E-state index in [0.29, 0.717) is 5.88 Å². The van der Waals surface area contributed by atoms with E-state index in [4.69, 9.17) is 14.7 Å². The predicted molar refractivity (Wildman–Crippen MR) is 104 cm³/mol. The van der Waals surface area contributed by atoms with Gasteiger partial charge in [0, 0.05) is 24.5 Å². The van der Waals surface area contributed by atoms with Crippen molar-refractivity contribution < 1.29 is 9.53 Å². The van der Waals surface area contributed by atoms with E-state index in [9.17, 15) is 4.79 Å². The molecule has 3 aromatic rings. The van der Waals surface area contributed by atoms with Crippen LogP contribution in [0.25, 0.3) is 16.9 Å². The SMILES string of the molecule is CSCCc1nc2c3c(ncn2c1OC(C)=O)-c1ccccc1CCC3. The first-order valence-corrected chi connectivity index (χ1v) is 10.2. The predicted octanol–water partition coefficient (Wildman–Crippen LogP) is 3.72. The highest BCUT2D eigenvalue weighted by atomic mass is 32.2. The lowest BCUT2D eigenvalue weighted by Crippen LogP contribution is -2.07. The van der Waals surface area contributed by atoms with E-state index in [1.54, 1.807) is 18.1 Å². The summed E-state index contributed by atoms with van der Waals surface area (Å²) in [5.74, 6) is 1.10. The Morgan fingerprint density at radius 1 is 1.31 bits per heavy atom. The highest BCUT2D eigenvalue weighted by Gasteiger charge is 2.23. The molecule has 26 heavy (non-hydrogen) atoms. The molecule has 2 heterocycles. The molecule has 6 heteroatoms. The van der Waals surface area contributed by atoms with E-state index in [-0.39, 0.29) is 5.97 Å². The van der Waals surface area contributed by atoms with Crippen molar-refractivity contribution in [3.05, 3.63) is 47.4 Å². The molecule has 5 nitrogen and oxygen atoms in total. The molecule has 0 saturated carbocycles. The fourth-order valence-corrected chi connectivity index (χ4v) is 3.97. The normalized spacial score (nSPS) is 13.2. The van der Waals surface area contributed by atoms with Crippen LogP contribution in [0.3, 0.4) is 0 Å². The zero-order chi connectivity index (χ0) is 18.1. The summed E-state index contributed by atoms with van der Waals surface area (Å²) in [4.78, 5) is 21.2. The molecule has 0 saturated heterocycles. The van der Waals surface area contributed by atoms with E-state index in [2.05, 4.69) is 30.5 Å². The number of aromatic nitrogens is 3. The standard InChI is InChI=1S/C20H21N3O2S/c1-13(24)25-20-17(10-11-26-2)22-19-16-9-5-7-14-6-3-4-8-15(14)18(16)21-12-23(19)20/h3-4,6,8,12H,5,7,9-11H2,1-2H3. The molecule has 0 spiro atoms. The van der Waals surface area contributed by atoms with Gasteiger partial charge < -0.3 is 4.74 Å². The number of ether oxygens (including phenoxy) is 1. The molecule has 2 aromatic heterocycles. The number of benzene rings is 1. The quantitative estimate of drug-likeness (QED) is 0.658. The van der Waals surface area contributed by atoms with Gasteiger partial charge in [0.15, 0.2) is 0 Å². The van der Waals surface area contributed by atoms with Crippen molar-refractivity contribution in [2.24, 2.45) is 0 Å². The summed E-state index contributed by atoms with van der Waals surface area (Å²) in [5, 5.41) is 0. The Bertz CT molecular complexity index is 981. The first-order valence-electron chi connectivity index (χ1n) is 8.83. The van der Waals surface area contributed by atoms with E-state index in [1.807, 2.05) is 4.40 Å². The van der Waals surface area contributed by atoms with Crippen LogP contribution in [0.1, 0.15) is 30.2 Å². The number of nitrogens with zero attached hydrogens (tertiary/aromatic N) is 3. The molecule has 4 rings (SSSR count). The summed E-state index contributed by atoms with van der Waals surface area (Å²) in [5.41, 5.74) is 6.34. The Morgan fingerprint density at radius 3 is 2.96 bits per heavy atom. The average molecular weight is 367 g/mol. The lowest BCUT2D eigenvalue weighted by Gasteiger charge is -2.10. The third-order valence-electron chi connectivity index (χ3n) is 4.72. The van der Waals surface area contributed by atoms with E-state index >= 15 is 0 Å². The van der Waals surface area contributed by atoms with Gasteiger partial charge in [0.1, 0.15) is 17.7 Å². The van der Waals surface area contributed by atoms with Crippen LogP contribution in [0.15, 0.2) is 30.6 Å². The van der Waals surface area contributed by atoms with Gasteiger partial charge in [-0.1, -0.05) is 24.3 Å².